The van der Waals surface area contributed by atoms with E-state index in [1.165, 1.54) is 25.1 Å². The molecule has 3 nitrogen and oxygen atoms in total. The molecule has 1 unspecified atom stereocenters. The first-order valence-corrected chi connectivity index (χ1v) is 6.33. The number of likely N-dealkylation sites (N-methyl/N-ethyl adjacent to an activating group) is 1. The maximum atomic E-state index is 5.15. The van der Waals surface area contributed by atoms with Crippen molar-refractivity contribution in [2.45, 2.75) is 18.9 Å². The Bertz CT molecular complexity index is 337. The fourth-order valence-electron chi connectivity index (χ4n) is 2.31. The van der Waals surface area contributed by atoms with Crippen LogP contribution in [0.3, 0.4) is 0 Å². The summed E-state index contributed by atoms with van der Waals surface area (Å²) in [5.41, 5.74) is 1.37. The SMILES string of the molecule is COc1ccc(CCNC2CCN(C)C2)cc1. The highest BCUT2D eigenvalue weighted by atomic mass is 16.5. The van der Waals surface area contributed by atoms with E-state index in [1.807, 2.05) is 12.1 Å². The average molecular weight is 234 g/mol. The molecule has 0 saturated carbocycles. The summed E-state index contributed by atoms with van der Waals surface area (Å²) < 4.78 is 5.15. The van der Waals surface area contributed by atoms with Gasteiger partial charge in [-0.3, -0.25) is 0 Å². The second-order valence-electron chi connectivity index (χ2n) is 4.80. The molecule has 0 amide bonds. The third-order valence-electron chi connectivity index (χ3n) is 3.40. The van der Waals surface area contributed by atoms with Crippen molar-refractivity contribution in [3.05, 3.63) is 29.8 Å². The minimum atomic E-state index is 0.679. The van der Waals surface area contributed by atoms with Crippen LogP contribution in [0.4, 0.5) is 0 Å². The van der Waals surface area contributed by atoms with Crippen molar-refractivity contribution in [1.29, 1.82) is 0 Å². The van der Waals surface area contributed by atoms with E-state index in [-0.39, 0.29) is 0 Å². The molecule has 1 saturated heterocycles. The maximum Gasteiger partial charge on any atom is 0.118 e. The van der Waals surface area contributed by atoms with Crippen LogP contribution in [0.25, 0.3) is 0 Å². The Morgan fingerprint density at radius 3 is 2.71 bits per heavy atom. The van der Waals surface area contributed by atoms with Crippen LogP contribution in [0.1, 0.15) is 12.0 Å². The number of ether oxygens (including phenoxy) is 1. The molecule has 0 radical (unpaired) electrons. The lowest BCUT2D eigenvalue weighted by molar-refractivity contribution is 0.398. The van der Waals surface area contributed by atoms with Crippen LogP contribution >= 0.6 is 0 Å². The van der Waals surface area contributed by atoms with Crippen molar-refractivity contribution in [1.82, 2.24) is 10.2 Å². The van der Waals surface area contributed by atoms with E-state index >= 15 is 0 Å². The van der Waals surface area contributed by atoms with E-state index in [9.17, 15) is 0 Å². The predicted molar refractivity (Wildman–Crippen MR) is 70.6 cm³/mol. The predicted octanol–water partition coefficient (Wildman–Crippen LogP) is 1.53. The summed E-state index contributed by atoms with van der Waals surface area (Å²) in [6.07, 6.45) is 2.36. The van der Waals surface area contributed by atoms with Crippen molar-refractivity contribution in [2.75, 3.05) is 33.8 Å². The van der Waals surface area contributed by atoms with Gasteiger partial charge in [0.25, 0.3) is 0 Å². The van der Waals surface area contributed by atoms with E-state index in [0.717, 1.165) is 18.7 Å². The van der Waals surface area contributed by atoms with Gasteiger partial charge in [-0.25, -0.2) is 0 Å². The van der Waals surface area contributed by atoms with Crippen LogP contribution in [-0.4, -0.2) is 44.7 Å². The average Bonchev–Trinajstić information content (AvgIpc) is 2.76. The summed E-state index contributed by atoms with van der Waals surface area (Å²) in [7, 11) is 3.89. The standard InChI is InChI=1S/C14H22N2O/c1-16-10-8-13(11-16)15-9-7-12-3-5-14(17-2)6-4-12/h3-6,13,15H,7-11H2,1-2H3. The van der Waals surface area contributed by atoms with Gasteiger partial charge in [-0.05, 0) is 50.7 Å². The molecular weight excluding hydrogens is 212 g/mol. The van der Waals surface area contributed by atoms with Gasteiger partial charge < -0.3 is 15.0 Å². The summed E-state index contributed by atoms with van der Waals surface area (Å²) in [4.78, 5) is 2.38. The zero-order chi connectivity index (χ0) is 12.1. The van der Waals surface area contributed by atoms with Crippen molar-refractivity contribution in [3.63, 3.8) is 0 Å². The fourth-order valence-corrected chi connectivity index (χ4v) is 2.31. The quantitative estimate of drug-likeness (QED) is 0.836. The summed E-state index contributed by atoms with van der Waals surface area (Å²) >= 11 is 0. The normalized spacial score (nSPS) is 20.7. The number of hydrogen-bond donors (Lipinski definition) is 1. The number of likely N-dealkylation sites (tertiary alicyclic amines) is 1. The van der Waals surface area contributed by atoms with Crippen LogP contribution < -0.4 is 10.1 Å². The Labute approximate surface area is 104 Å². The molecule has 2 rings (SSSR count). The first-order valence-electron chi connectivity index (χ1n) is 6.33. The first-order chi connectivity index (χ1) is 8.28. The second-order valence-corrected chi connectivity index (χ2v) is 4.80. The van der Waals surface area contributed by atoms with Gasteiger partial charge in [-0.1, -0.05) is 12.1 Å². The lowest BCUT2D eigenvalue weighted by Crippen LogP contribution is -2.32. The Balaban J connectivity index is 1.70. The third-order valence-corrected chi connectivity index (χ3v) is 3.40. The van der Waals surface area contributed by atoms with E-state index in [0.29, 0.717) is 6.04 Å². The van der Waals surface area contributed by atoms with Crippen LogP contribution in [-0.2, 0) is 6.42 Å². The van der Waals surface area contributed by atoms with Gasteiger partial charge in [0.2, 0.25) is 0 Å². The van der Waals surface area contributed by atoms with Crippen molar-refractivity contribution < 1.29 is 4.74 Å². The lowest BCUT2D eigenvalue weighted by atomic mass is 10.1. The molecule has 0 spiro atoms. The highest BCUT2D eigenvalue weighted by Crippen LogP contribution is 2.11. The zero-order valence-electron chi connectivity index (χ0n) is 10.8. The summed E-state index contributed by atoms with van der Waals surface area (Å²) in [6.45, 7) is 3.47. The summed E-state index contributed by atoms with van der Waals surface area (Å²) in [6, 6.07) is 9.01. The largest absolute Gasteiger partial charge is 0.497 e. The summed E-state index contributed by atoms with van der Waals surface area (Å²) in [5.74, 6) is 0.930. The van der Waals surface area contributed by atoms with E-state index in [1.54, 1.807) is 7.11 Å². The van der Waals surface area contributed by atoms with E-state index in [2.05, 4.69) is 29.4 Å². The Morgan fingerprint density at radius 1 is 1.35 bits per heavy atom. The van der Waals surface area contributed by atoms with E-state index in [4.69, 9.17) is 4.74 Å². The van der Waals surface area contributed by atoms with E-state index < -0.39 is 0 Å². The number of rotatable bonds is 5. The van der Waals surface area contributed by atoms with Crippen molar-refractivity contribution in [3.8, 4) is 5.75 Å². The molecule has 1 N–H and O–H groups in total. The van der Waals surface area contributed by atoms with Gasteiger partial charge in [-0.15, -0.1) is 0 Å². The van der Waals surface area contributed by atoms with Crippen LogP contribution in [0.15, 0.2) is 24.3 Å². The molecule has 1 aliphatic heterocycles. The topological polar surface area (TPSA) is 24.5 Å². The number of nitrogens with zero attached hydrogens (tertiary/aromatic N) is 1. The Morgan fingerprint density at radius 2 is 2.12 bits per heavy atom. The van der Waals surface area contributed by atoms with Gasteiger partial charge in [0.1, 0.15) is 5.75 Å². The van der Waals surface area contributed by atoms with Gasteiger partial charge in [0.15, 0.2) is 0 Å². The molecule has 1 aromatic carbocycles. The molecule has 0 aliphatic carbocycles. The molecule has 1 heterocycles. The molecule has 0 aromatic heterocycles. The highest BCUT2D eigenvalue weighted by Gasteiger charge is 2.17. The number of methoxy groups -OCH3 is 1. The lowest BCUT2D eigenvalue weighted by Gasteiger charge is -2.12. The maximum absolute atomic E-state index is 5.15. The van der Waals surface area contributed by atoms with Crippen LogP contribution in [0.2, 0.25) is 0 Å². The molecule has 0 bridgehead atoms. The minimum absolute atomic E-state index is 0.679. The van der Waals surface area contributed by atoms with Gasteiger partial charge in [0.05, 0.1) is 7.11 Å². The van der Waals surface area contributed by atoms with Crippen molar-refractivity contribution in [2.24, 2.45) is 0 Å². The Hall–Kier alpha value is -1.06. The molecular formula is C14H22N2O. The molecule has 3 heteroatoms. The fraction of sp³-hybridized carbons (Fsp3) is 0.571. The number of hydrogen-bond acceptors (Lipinski definition) is 3. The van der Waals surface area contributed by atoms with Gasteiger partial charge >= 0.3 is 0 Å². The smallest absolute Gasteiger partial charge is 0.118 e. The second kappa shape index (κ2) is 6.03. The van der Waals surface area contributed by atoms with Gasteiger partial charge in [-0.2, -0.15) is 0 Å². The molecule has 1 aromatic rings. The van der Waals surface area contributed by atoms with Crippen molar-refractivity contribution >= 4 is 0 Å². The Kier molecular flexibility index (Phi) is 4.40. The van der Waals surface area contributed by atoms with Crippen LogP contribution in [0, 0.1) is 0 Å². The molecule has 94 valence electrons. The monoisotopic (exact) mass is 234 g/mol. The highest BCUT2D eigenvalue weighted by molar-refractivity contribution is 5.27. The van der Waals surface area contributed by atoms with Gasteiger partial charge in [0, 0.05) is 12.6 Å². The first kappa shape index (κ1) is 12.4. The molecule has 1 aliphatic rings. The van der Waals surface area contributed by atoms with Crippen LogP contribution in [0.5, 0.6) is 5.75 Å². The zero-order valence-corrected chi connectivity index (χ0v) is 10.8. The summed E-state index contributed by atoms with van der Waals surface area (Å²) in [5, 5.41) is 3.62. The number of nitrogens with one attached hydrogen (secondary N) is 1. The molecule has 1 atom stereocenters. The number of benzene rings is 1. The minimum Gasteiger partial charge on any atom is -0.497 e. The third kappa shape index (κ3) is 3.72. The molecule has 17 heavy (non-hydrogen) atoms. The molecule has 1 fully saturated rings.